The maximum Gasteiger partial charge on any atom is 0.124 e. The lowest BCUT2D eigenvalue weighted by Gasteiger charge is -2.23. The lowest BCUT2D eigenvalue weighted by molar-refractivity contribution is 0.591. The van der Waals surface area contributed by atoms with Crippen molar-refractivity contribution < 1.29 is 4.39 Å². The Morgan fingerprint density at radius 2 is 1.86 bits per heavy atom. The van der Waals surface area contributed by atoms with Gasteiger partial charge in [-0.1, -0.05) is 39.0 Å². The molecule has 0 saturated carbocycles. The van der Waals surface area contributed by atoms with E-state index in [2.05, 4.69) is 32.2 Å². The predicted octanol–water partition coefficient (Wildman–Crippen LogP) is 4.61. The first-order chi connectivity index (χ1) is 9.90. The molecule has 0 aliphatic carbocycles. The molecule has 0 unspecified atom stereocenters. The number of halogens is 1. The lowest BCUT2D eigenvalue weighted by atomic mass is 9.86. The molecular weight excluding hydrogens is 263 g/mol. The summed E-state index contributed by atoms with van der Waals surface area (Å²) in [5.41, 5.74) is 3.38. The highest BCUT2D eigenvalue weighted by Crippen LogP contribution is 2.29. The van der Waals surface area contributed by atoms with Gasteiger partial charge in [0.1, 0.15) is 5.82 Å². The first-order valence-corrected chi connectivity index (χ1v) is 6.93. The quantitative estimate of drug-likeness (QED) is 0.892. The normalized spacial score (nSPS) is 11.0. The number of benzene rings is 2. The number of hydrogen-bond acceptors (Lipinski definition) is 2. The minimum Gasteiger partial charge on any atom is -0.381 e. The van der Waals surface area contributed by atoms with Crippen LogP contribution in [0.2, 0.25) is 0 Å². The van der Waals surface area contributed by atoms with Crippen LogP contribution in [0, 0.1) is 17.1 Å². The zero-order valence-corrected chi connectivity index (χ0v) is 12.6. The fourth-order valence-electron chi connectivity index (χ4n) is 2.31. The number of rotatable bonds is 3. The van der Waals surface area contributed by atoms with Crippen LogP contribution in [-0.4, -0.2) is 0 Å². The van der Waals surface area contributed by atoms with Crippen molar-refractivity contribution in [2.75, 3.05) is 5.32 Å². The fraction of sp³-hybridized carbons (Fsp3) is 0.278. The number of para-hydroxylation sites is 1. The van der Waals surface area contributed by atoms with Crippen LogP contribution < -0.4 is 5.32 Å². The molecule has 2 aromatic rings. The molecule has 0 heterocycles. The largest absolute Gasteiger partial charge is 0.381 e. The van der Waals surface area contributed by atoms with Crippen molar-refractivity contribution in [3.05, 3.63) is 65.0 Å². The van der Waals surface area contributed by atoms with E-state index in [4.69, 9.17) is 5.26 Å². The smallest absolute Gasteiger partial charge is 0.124 e. The summed E-state index contributed by atoms with van der Waals surface area (Å²) in [6.45, 7) is 6.95. The molecule has 0 aliphatic heterocycles. The number of nitriles is 1. The van der Waals surface area contributed by atoms with E-state index in [0.29, 0.717) is 12.1 Å². The van der Waals surface area contributed by atoms with E-state index in [1.54, 1.807) is 6.07 Å². The molecule has 0 fully saturated rings. The van der Waals surface area contributed by atoms with E-state index in [0.717, 1.165) is 11.3 Å². The summed E-state index contributed by atoms with van der Waals surface area (Å²) in [5.74, 6) is -0.380. The topological polar surface area (TPSA) is 35.8 Å². The first-order valence-electron chi connectivity index (χ1n) is 6.93. The van der Waals surface area contributed by atoms with Crippen LogP contribution >= 0.6 is 0 Å². The number of anilines is 1. The standard InChI is InChI=1S/C18H19FN2/c1-18(2,3)16-6-4-5-7-17(16)21-12-14-8-13(11-20)9-15(19)10-14/h4-10,21H,12H2,1-3H3. The number of nitrogens with zero attached hydrogens (tertiary/aromatic N) is 1. The van der Waals surface area contributed by atoms with E-state index in [-0.39, 0.29) is 11.2 Å². The monoisotopic (exact) mass is 282 g/mol. The summed E-state index contributed by atoms with van der Waals surface area (Å²) >= 11 is 0. The highest BCUT2D eigenvalue weighted by atomic mass is 19.1. The molecule has 0 atom stereocenters. The Balaban J connectivity index is 2.22. The van der Waals surface area contributed by atoms with Crippen molar-refractivity contribution in [3.63, 3.8) is 0 Å². The second-order valence-electron chi connectivity index (χ2n) is 6.11. The Bertz CT molecular complexity index is 678. The summed E-state index contributed by atoms with van der Waals surface area (Å²) < 4.78 is 13.4. The van der Waals surface area contributed by atoms with Gasteiger partial charge < -0.3 is 5.32 Å². The summed E-state index contributed by atoms with van der Waals surface area (Å²) in [6.07, 6.45) is 0. The van der Waals surface area contributed by atoms with Gasteiger partial charge in [-0.15, -0.1) is 0 Å². The molecule has 2 aromatic carbocycles. The minimum absolute atomic E-state index is 0.0311. The van der Waals surface area contributed by atoms with Crippen LogP contribution in [0.5, 0.6) is 0 Å². The van der Waals surface area contributed by atoms with Crippen LogP contribution in [0.3, 0.4) is 0 Å². The van der Waals surface area contributed by atoms with E-state index < -0.39 is 0 Å². The van der Waals surface area contributed by atoms with Gasteiger partial charge in [0.05, 0.1) is 11.6 Å². The predicted molar refractivity (Wildman–Crippen MR) is 83.6 cm³/mol. The van der Waals surface area contributed by atoms with Gasteiger partial charge in [-0.25, -0.2) is 4.39 Å². The molecule has 0 spiro atoms. The third kappa shape index (κ3) is 3.82. The van der Waals surface area contributed by atoms with Crippen molar-refractivity contribution in [3.8, 4) is 6.07 Å². The second-order valence-corrected chi connectivity index (χ2v) is 6.11. The third-order valence-corrected chi connectivity index (χ3v) is 3.30. The molecule has 0 amide bonds. The van der Waals surface area contributed by atoms with E-state index in [1.807, 2.05) is 24.3 Å². The Morgan fingerprint density at radius 3 is 2.52 bits per heavy atom. The van der Waals surface area contributed by atoms with Crippen LogP contribution in [0.15, 0.2) is 42.5 Å². The van der Waals surface area contributed by atoms with Gasteiger partial charge in [-0.05, 0) is 40.8 Å². The summed E-state index contributed by atoms with van der Waals surface area (Å²) in [6, 6.07) is 14.5. The van der Waals surface area contributed by atoms with Gasteiger partial charge in [-0.2, -0.15) is 5.26 Å². The van der Waals surface area contributed by atoms with Gasteiger partial charge in [0, 0.05) is 12.2 Å². The lowest BCUT2D eigenvalue weighted by Crippen LogP contribution is -2.14. The van der Waals surface area contributed by atoms with Gasteiger partial charge in [-0.3, -0.25) is 0 Å². The molecule has 2 rings (SSSR count). The molecule has 108 valence electrons. The molecule has 0 saturated heterocycles. The van der Waals surface area contributed by atoms with Gasteiger partial charge in [0.15, 0.2) is 0 Å². The van der Waals surface area contributed by atoms with Crippen LogP contribution in [0.1, 0.15) is 37.5 Å². The molecule has 1 N–H and O–H groups in total. The molecule has 2 nitrogen and oxygen atoms in total. The highest BCUT2D eigenvalue weighted by Gasteiger charge is 2.17. The van der Waals surface area contributed by atoms with E-state index in [9.17, 15) is 4.39 Å². The Kier molecular flexibility index (Phi) is 4.28. The van der Waals surface area contributed by atoms with Crippen molar-refractivity contribution in [1.29, 1.82) is 5.26 Å². The molecule has 0 aliphatic rings. The Hall–Kier alpha value is -2.34. The van der Waals surface area contributed by atoms with Crippen molar-refractivity contribution in [2.24, 2.45) is 0 Å². The van der Waals surface area contributed by atoms with E-state index >= 15 is 0 Å². The van der Waals surface area contributed by atoms with Gasteiger partial charge in [0.25, 0.3) is 0 Å². The molecule has 0 radical (unpaired) electrons. The SMILES string of the molecule is CC(C)(C)c1ccccc1NCc1cc(F)cc(C#N)c1. The maximum atomic E-state index is 13.4. The molecular formula is C18H19FN2. The number of hydrogen-bond donors (Lipinski definition) is 1. The van der Waals surface area contributed by atoms with Crippen LogP contribution in [0.25, 0.3) is 0 Å². The Morgan fingerprint density at radius 1 is 1.14 bits per heavy atom. The summed E-state index contributed by atoms with van der Waals surface area (Å²) in [4.78, 5) is 0. The molecule has 3 heteroatoms. The zero-order valence-electron chi connectivity index (χ0n) is 12.6. The first kappa shape index (κ1) is 15.1. The minimum atomic E-state index is -0.380. The van der Waals surface area contributed by atoms with Crippen LogP contribution in [0.4, 0.5) is 10.1 Å². The Labute approximate surface area is 125 Å². The average molecular weight is 282 g/mol. The number of nitrogens with one attached hydrogen (secondary N) is 1. The van der Waals surface area contributed by atoms with Crippen LogP contribution in [-0.2, 0) is 12.0 Å². The molecule has 0 bridgehead atoms. The van der Waals surface area contributed by atoms with Gasteiger partial charge >= 0.3 is 0 Å². The van der Waals surface area contributed by atoms with Gasteiger partial charge in [0.2, 0.25) is 0 Å². The molecule has 0 aromatic heterocycles. The van der Waals surface area contributed by atoms with Crippen molar-refractivity contribution >= 4 is 5.69 Å². The highest BCUT2D eigenvalue weighted by molar-refractivity contribution is 5.54. The average Bonchev–Trinajstić information content (AvgIpc) is 2.44. The summed E-state index contributed by atoms with van der Waals surface area (Å²) in [7, 11) is 0. The van der Waals surface area contributed by atoms with E-state index in [1.165, 1.54) is 17.7 Å². The molecule has 21 heavy (non-hydrogen) atoms. The maximum absolute atomic E-state index is 13.4. The van der Waals surface area contributed by atoms with Crippen molar-refractivity contribution in [2.45, 2.75) is 32.7 Å². The zero-order chi connectivity index (χ0) is 15.5. The second kappa shape index (κ2) is 5.97. The fourth-order valence-corrected chi connectivity index (χ4v) is 2.31. The third-order valence-electron chi connectivity index (χ3n) is 3.30. The van der Waals surface area contributed by atoms with Crippen molar-refractivity contribution in [1.82, 2.24) is 0 Å². The summed E-state index contributed by atoms with van der Waals surface area (Å²) in [5, 5.41) is 12.2.